The molecule has 0 bridgehead atoms. The highest BCUT2D eigenvalue weighted by Crippen LogP contribution is 2.15. The Kier molecular flexibility index (Phi) is 2.80. The zero-order chi connectivity index (χ0) is 6.78. The minimum Gasteiger partial charge on any atom is -0.389 e. The normalized spacial score (nSPS) is 22.1. The highest BCUT2D eigenvalue weighted by atomic mass is 32.1. The molecule has 2 unspecified atom stereocenters. The van der Waals surface area contributed by atoms with Crippen molar-refractivity contribution < 1.29 is 10.2 Å². The molecule has 2 nitrogen and oxygen atoms in total. The van der Waals surface area contributed by atoms with E-state index in [0.29, 0.717) is 6.42 Å². The Morgan fingerprint density at radius 2 is 2.12 bits per heavy atom. The van der Waals surface area contributed by atoms with E-state index in [4.69, 9.17) is 10.2 Å². The molecule has 0 heterocycles. The molecule has 0 amide bonds. The van der Waals surface area contributed by atoms with Gasteiger partial charge in [0.25, 0.3) is 0 Å². The van der Waals surface area contributed by atoms with E-state index in [1.54, 1.807) is 6.92 Å². The molecule has 0 aromatic rings. The Morgan fingerprint density at radius 3 is 2.12 bits per heavy atom. The van der Waals surface area contributed by atoms with Gasteiger partial charge in [-0.3, -0.25) is 0 Å². The fourth-order valence-electron chi connectivity index (χ4n) is 0.387. The van der Waals surface area contributed by atoms with E-state index in [0.717, 1.165) is 0 Å². The predicted octanol–water partition coefficient (Wildman–Crippen LogP) is 0.396. The third-order valence-corrected chi connectivity index (χ3v) is 1.32. The SMILES string of the molecule is CCC(O)C(C)(O)S. The molecule has 2 atom stereocenters. The van der Waals surface area contributed by atoms with Gasteiger partial charge in [0.05, 0.1) is 6.10 Å². The summed E-state index contributed by atoms with van der Waals surface area (Å²) in [6, 6.07) is 0. The number of thiol groups is 1. The zero-order valence-electron chi connectivity index (χ0n) is 5.13. The molecule has 0 aliphatic rings. The topological polar surface area (TPSA) is 40.5 Å². The van der Waals surface area contributed by atoms with Crippen LogP contribution >= 0.6 is 12.6 Å². The van der Waals surface area contributed by atoms with E-state index in [2.05, 4.69) is 12.6 Å². The van der Waals surface area contributed by atoms with Crippen LogP contribution in [-0.4, -0.2) is 21.3 Å². The molecule has 0 saturated carbocycles. The fraction of sp³-hybridized carbons (Fsp3) is 1.00. The van der Waals surface area contributed by atoms with E-state index < -0.39 is 11.0 Å². The largest absolute Gasteiger partial charge is 0.389 e. The number of aliphatic hydroxyl groups is 2. The highest BCUT2D eigenvalue weighted by Gasteiger charge is 2.22. The van der Waals surface area contributed by atoms with Crippen molar-refractivity contribution in [2.75, 3.05) is 0 Å². The minimum atomic E-state index is -1.24. The lowest BCUT2D eigenvalue weighted by Crippen LogP contribution is -2.32. The molecular weight excluding hydrogens is 124 g/mol. The van der Waals surface area contributed by atoms with Crippen molar-refractivity contribution in [3.05, 3.63) is 0 Å². The van der Waals surface area contributed by atoms with Crippen LogP contribution in [0.15, 0.2) is 0 Å². The van der Waals surface area contributed by atoms with Crippen LogP contribution in [0, 0.1) is 0 Å². The van der Waals surface area contributed by atoms with Crippen LogP contribution in [0.3, 0.4) is 0 Å². The molecular formula is C5H12O2S. The first-order chi connectivity index (χ1) is 3.48. The van der Waals surface area contributed by atoms with Gasteiger partial charge in [-0.05, 0) is 13.3 Å². The zero-order valence-corrected chi connectivity index (χ0v) is 6.02. The molecule has 0 aromatic heterocycles. The molecule has 8 heavy (non-hydrogen) atoms. The molecule has 50 valence electrons. The Labute approximate surface area is 54.9 Å². The van der Waals surface area contributed by atoms with E-state index in [1.165, 1.54) is 6.92 Å². The van der Waals surface area contributed by atoms with Crippen molar-refractivity contribution in [3.8, 4) is 0 Å². The summed E-state index contributed by atoms with van der Waals surface area (Å²) in [5.41, 5.74) is 0. The molecule has 0 spiro atoms. The Bertz CT molecular complexity index is 67.3. The molecule has 0 radical (unpaired) electrons. The van der Waals surface area contributed by atoms with Gasteiger partial charge in [0, 0.05) is 0 Å². The van der Waals surface area contributed by atoms with Gasteiger partial charge in [0.15, 0.2) is 0 Å². The average molecular weight is 136 g/mol. The Morgan fingerprint density at radius 1 is 1.75 bits per heavy atom. The summed E-state index contributed by atoms with van der Waals surface area (Å²) >= 11 is 3.74. The highest BCUT2D eigenvalue weighted by molar-refractivity contribution is 7.81. The second kappa shape index (κ2) is 2.71. The van der Waals surface area contributed by atoms with Crippen molar-refractivity contribution >= 4 is 12.6 Å². The summed E-state index contributed by atoms with van der Waals surface area (Å²) < 4.78 is 0. The number of hydrogen-bond acceptors (Lipinski definition) is 3. The van der Waals surface area contributed by atoms with Crippen molar-refractivity contribution in [1.82, 2.24) is 0 Å². The van der Waals surface area contributed by atoms with Crippen molar-refractivity contribution in [3.63, 3.8) is 0 Å². The molecule has 0 aliphatic heterocycles. The van der Waals surface area contributed by atoms with Crippen molar-refractivity contribution in [2.24, 2.45) is 0 Å². The van der Waals surface area contributed by atoms with Crippen LogP contribution in [0.25, 0.3) is 0 Å². The lowest BCUT2D eigenvalue weighted by atomic mass is 10.2. The molecule has 0 aromatic carbocycles. The summed E-state index contributed by atoms with van der Waals surface area (Å²) in [5, 5.41) is 17.8. The molecule has 0 fully saturated rings. The standard InChI is InChI=1S/C5H12O2S/c1-3-4(6)5(2,7)8/h4,6-8H,3H2,1-2H3. The van der Waals surface area contributed by atoms with Gasteiger partial charge in [-0.15, -0.1) is 12.6 Å². The smallest absolute Gasteiger partial charge is 0.130 e. The first-order valence-corrected chi connectivity index (χ1v) is 3.06. The van der Waals surface area contributed by atoms with Crippen LogP contribution in [-0.2, 0) is 0 Å². The van der Waals surface area contributed by atoms with Crippen LogP contribution in [0.5, 0.6) is 0 Å². The molecule has 0 rings (SSSR count). The summed E-state index contributed by atoms with van der Waals surface area (Å²) in [5.74, 6) is 0. The Balaban J connectivity index is 3.62. The minimum absolute atomic E-state index is 0.524. The number of aliphatic hydroxyl groups excluding tert-OH is 1. The lowest BCUT2D eigenvalue weighted by molar-refractivity contribution is 0.00565. The van der Waals surface area contributed by atoms with E-state index in [9.17, 15) is 0 Å². The summed E-state index contributed by atoms with van der Waals surface area (Å²) in [4.78, 5) is -1.24. The quantitative estimate of drug-likeness (QED) is 0.380. The summed E-state index contributed by atoms with van der Waals surface area (Å²) in [6.07, 6.45) is -0.206. The van der Waals surface area contributed by atoms with E-state index in [1.807, 2.05) is 0 Å². The van der Waals surface area contributed by atoms with Crippen molar-refractivity contribution in [2.45, 2.75) is 31.3 Å². The van der Waals surface area contributed by atoms with E-state index in [-0.39, 0.29) is 0 Å². The van der Waals surface area contributed by atoms with Gasteiger partial charge >= 0.3 is 0 Å². The molecule has 3 heteroatoms. The van der Waals surface area contributed by atoms with Crippen LogP contribution in [0.2, 0.25) is 0 Å². The third-order valence-electron chi connectivity index (χ3n) is 1.02. The maximum atomic E-state index is 8.90. The lowest BCUT2D eigenvalue weighted by Gasteiger charge is -2.21. The third kappa shape index (κ3) is 2.55. The van der Waals surface area contributed by atoms with Gasteiger partial charge in [0.2, 0.25) is 0 Å². The molecule has 0 saturated heterocycles. The predicted molar refractivity (Wildman–Crippen MR) is 35.9 cm³/mol. The number of rotatable bonds is 2. The molecule has 2 N–H and O–H groups in total. The number of hydrogen-bond donors (Lipinski definition) is 3. The maximum Gasteiger partial charge on any atom is 0.130 e. The second-order valence-electron chi connectivity index (χ2n) is 2.02. The van der Waals surface area contributed by atoms with Crippen LogP contribution in [0.4, 0.5) is 0 Å². The molecule has 0 aliphatic carbocycles. The van der Waals surface area contributed by atoms with Gasteiger partial charge in [-0.25, -0.2) is 0 Å². The summed E-state index contributed by atoms with van der Waals surface area (Å²) in [7, 11) is 0. The first kappa shape index (κ1) is 8.27. The monoisotopic (exact) mass is 136 g/mol. The van der Waals surface area contributed by atoms with E-state index >= 15 is 0 Å². The van der Waals surface area contributed by atoms with Crippen LogP contribution in [0.1, 0.15) is 20.3 Å². The fourth-order valence-corrected chi connectivity index (χ4v) is 0.569. The first-order valence-electron chi connectivity index (χ1n) is 2.61. The maximum absolute atomic E-state index is 8.90. The van der Waals surface area contributed by atoms with Gasteiger partial charge in [-0.2, -0.15) is 0 Å². The second-order valence-corrected chi connectivity index (χ2v) is 2.92. The van der Waals surface area contributed by atoms with Gasteiger partial charge in [-0.1, -0.05) is 6.92 Å². The Hall–Kier alpha value is 0.270. The summed E-state index contributed by atoms with van der Waals surface area (Å²) in [6.45, 7) is 3.25. The van der Waals surface area contributed by atoms with Gasteiger partial charge in [0.1, 0.15) is 4.93 Å². The van der Waals surface area contributed by atoms with Gasteiger partial charge < -0.3 is 10.2 Å². The van der Waals surface area contributed by atoms with Crippen molar-refractivity contribution in [1.29, 1.82) is 0 Å². The average Bonchev–Trinajstić information content (AvgIpc) is 1.62. The van der Waals surface area contributed by atoms with Crippen LogP contribution < -0.4 is 0 Å².